The lowest BCUT2D eigenvalue weighted by Gasteiger charge is -2.10. The van der Waals surface area contributed by atoms with E-state index in [-0.39, 0.29) is 32.4 Å². The molecule has 170 valence electrons. The van der Waals surface area contributed by atoms with Gasteiger partial charge in [0.2, 0.25) is 0 Å². The van der Waals surface area contributed by atoms with E-state index in [4.69, 9.17) is 11.6 Å². The quantitative estimate of drug-likeness (QED) is 0.357. The molecule has 2 amide bonds. The fraction of sp³-hybridized carbons (Fsp3) is 0.0476. The number of halogens is 1. The topological polar surface area (TPSA) is 148 Å². The zero-order chi connectivity index (χ0) is 24.2. The first kappa shape index (κ1) is 23.7. The molecule has 0 aliphatic heterocycles. The monoisotopic (exact) mass is 488 g/mol. The molecular weight excluding hydrogens is 472 g/mol. The standard InChI is InChI=1S/C21H17ClN4O6S/c1-13-6-11-16(12-19(13)26(29)30)33(31,32)25-15-9-7-14(8-10-15)20(27)23-24-21(28)17-4-2-3-5-18(17)22/h2-12,25H,1H3,(H,23,27)(H,24,28). The number of nitrogens with one attached hydrogen (secondary N) is 3. The summed E-state index contributed by atoms with van der Waals surface area (Å²) in [5, 5.41) is 11.3. The third kappa shape index (κ3) is 5.64. The number of nitro benzene ring substituents is 1. The Morgan fingerprint density at radius 3 is 2.21 bits per heavy atom. The van der Waals surface area contributed by atoms with Crippen LogP contribution in [0.2, 0.25) is 5.02 Å². The second kappa shape index (κ2) is 9.67. The number of carbonyl (C=O) groups excluding carboxylic acids is 2. The van der Waals surface area contributed by atoms with Gasteiger partial charge in [-0.2, -0.15) is 0 Å². The summed E-state index contributed by atoms with van der Waals surface area (Å²) < 4.78 is 27.4. The number of hydrazine groups is 1. The van der Waals surface area contributed by atoms with Gasteiger partial charge in [-0.25, -0.2) is 8.42 Å². The van der Waals surface area contributed by atoms with Crippen molar-refractivity contribution in [2.45, 2.75) is 11.8 Å². The molecule has 3 aromatic carbocycles. The number of aryl methyl sites for hydroxylation is 1. The molecule has 0 fully saturated rings. The molecule has 0 atom stereocenters. The highest BCUT2D eigenvalue weighted by Gasteiger charge is 2.20. The average molecular weight is 489 g/mol. The summed E-state index contributed by atoms with van der Waals surface area (Å²) in [6, 6.07) is 15.2. The minimum Gasteiger partial charge on any atom is -0.280 e. The molecule has 0 saturated heterocycles. The molecule has 0 aliphatic rings. The van der Waals surface area contributed by atoms with Crippen molar-refractivity contribution >= 4 is 44.8 Å². The van der Waals surface area contributed by atoms with Crippen molar-refractivity contribution in [1.29, 1.82) is 0 Å². The van der Waals surface area contributed by atoms with Gasteiger partial charge in [0.15, 0.2) is 0 Å². The van der Waals surface area contributed by atoms with Gasteiger partial charge in [0.25, 0.3) is 27.5 Å². The van der Waals surface area contributed by atoms with E-state index in [1.54, 1.807) is 12.1 Å². The molecule has 12 heteroatoms. The van der Waals surface area contributed by atoms with E-state index in [1.165, 1.54) is 55.5 Å². The third-order valence-electron chi connectivity index (χ3n) is 4.49. The van der Waals surface area contributed by atoms with E-state index in [9.17, 15) is 28.1 Å². The van der Waals surface area contributed by atoms with Gasteiger partial charge in [0.1, 0.15) is 0 Å². The normalized spacial score (nSPS) is 10.8. The Labute approximate surface area is 193 Å². The van der Waals surface area contributed by atoms with Crippen LogP contribution in [0.5, 0.6) is 0 Å². The number of amides is 2. The molecule has 33 heavy (non-hydrogen) atoms. The highest BCUT2D eigenvalue weighted by molar-refractivity contribution is 7.92. The molecule has 3 N–H and O–H groups in total. The molecule has 0 heterocycles. The van der Waals surface area contributed by atoms with Crippen LogP contribution in [-0.4, -0.2) is 25.2 Å². The van der Waals surface area contributed by atoms with E-state index in [0.29, 0.717) is 5.56 Å². The lowest BCUT2D eigenvalue weighted by atomic mass is 10.2. The van der Waals surface area contributed by atoms with Gasteiger partial charge in [-0.3, -0.25) is 35.3 Å². The number of anilines is 1. The van der Waals surface area contributed by atoms with Crippen molar-refractivity contribution in [1.82, 2.24) is 10.9 Å². The third-order valence-corrected chi connectivity index (χ3v) is 6.20. The number of rotatable bonds is 6. The first-order valence-corrected chi connectivity index (χ1v) is 11.2. The molecule has 10 nitrogen and oxygen atoms in total. The van der Waals surface area contributed by atoms with Crippen molar-refractivity contribution in [2.24, 2.45) is 0 Å². The minimum atomic E-state index is -4.10. The molecule has 0 unspecified atom stereocenters. The number of nitrogens with zero attached hydrogens (tertiary/aromatic N) is 1. The fourth-order valence-electron chi connectivity index (χ4n) is 2.76. The van der Waals surface area contributed by atoms with Gasteiger partial charge in [0, 0.05) is 22.9 Å². The molecular formula is C21H17ClN4O6S. The van der Waals surface area contributed by atoms with E-state index in [2.05, 4.69) is 15.6 Å². The summed E-state index contributed by atoms with van der Waals surface area (Å²) in [6.45, 7) is 1.50. The van der Waals surface area contributed by atoms with Gasteiger partial charge >= 0.3 is 0 Å². The zero-order valence-electron chi connectivity index (χ0n) is 17.0. The maximum atomic E-state index is 12.6. The first-order chi connectivity index (χ1) is 15.6. The van der Waals surface area contributed by atoms with Crippen molar-refractivity contribution in [3.05, 3.63) is 98.6 Å². The SMILES string of the molecule is Cc1ccc(S(=O)(=O)Nc2ccc(C(=O)NNC(=O)c3ccccc3Cl)cc2)cc1[N+](=O)[O-]. The van der Waals surface area contributed by atoms with Crippen LogP contribution in [0.4, 0.5) is 11.4 Å². The number of nitro groups is 1. The van der Waals surface area contributed by atoms with E-state index >= 15 is 0 Å². The summed E-state index contributed by atoms with van der Waals surface area (Å²) in [5.74, 6) is -1.25. The van der Waals surface area contributed by atoms with Crippen LogP contribution in [0, 0.1) is 17.0 Å². The Bertz CT molecular complexity index is 1340. The zero-order valence-corrected chi connectivity index (χ0v) is 18.6. The molecule has 0 radical (unpaired) electrons. The average Bonchev–Trinajstić information content (AvgIpc) is 2.77. The highest BCUT2D eigenvalue weighted by Crippen LogP contribution is 2.24. The molecule has 0 aliphatic carbocycles. The van der Waals surface area contributed by atoms with Crippen molar-refractivity contribution in [2.75, 3.05) is 4.72 Å². The lowest BCUT2D eigenvalue weighted by Crippen LogP contribution is -2.41. The number of hydrogen-bond donors (Lipinski definition) is 3. The van der Waals surface area contributed by atoms with Gasteiger partial charge in [-0.15, -0.1) is 0 Å². The molecule has 0 bridgehead atoms. The maximum Gasteiger partial charge on any atom is 0.273 e. The molecule has 0 saturated carbocycles. The van der Waals surface area contributed by atoms with Crippen LogP contribution < -0.4 is 15.6 Å². The summed E-state index contributed by atoms with van der Waals surface area (Å²) in [4.78, 5) is 34.5. The minimum absolute atomic E-state index is 0.134. The molecule has 3 rings (SSSR count). The van der Waals surface area contributed by atoms with Crippen LogP contribution in [-0.2, 0) is 10.0 Å². The van der Waals surface area contributed by atoms with Crippen molar-refractivity contribution in [3.8, 4) is 0 Å². The Hall–Kier alpha value is -3.96. The van der Waals surface area contributed by atoms with Crippen LogP contribution in [0.25, 0.3) is 0 Å². The Balaban J connectivity index is 1.67. The summed E-state index contributed by atoms with van der Waals surface area (Å²) in [6.07, 6.45) is 0. The van der Waals surface area contributed by atoms with Crippen molar-refractivity contribution < 1.29 is 22.9 Å². The van der Waals surface area contributed by atoms with Gasteiger partial charge in [0.05, 0.1) is 20.4 Å². The summed E-state index contributed by atoms with van der Waals surface area (Å²) >= 11 is 5.93. The van der Waals surface area contributed by atoms with Crippen LogP contribution >= 0.6 is 11.6 Å². The summed E-state index contributed by atoms with van der Waals surface area (Å²) in [5.41, 5.74) is 4.95. The second-order valence-electron chi connectivity index (χ2n) is 6.78. The number of hydrogen-bond acceptors (Lipinski definition) is 6. The van der Waals surface area contributed by atoms with E-state index < -0.39 is 26.8 Å². The largest absolute Gasteiger partial charge is 0.280 e. The first-order valence-electron chi connectivity index (χ1n) is 9.31. The van der Waals surface area contributed by atoms with Gasteiger partial charge < -0.3 is 0 Å². The van der Waals surface area contributed by atoms with Crippen LogP contribution in [0.1, 0.15) is 26.3 Å². The Kier molecular flexibility index (Phi) is 6.95. The molecule has 0 aromatic heterocycles. The lowest BCUT2D eigenvalue weighted by molar-refractivity contribution is -0.385. The Morgan fingerprint density at radius 1 is 0.939 bits per heavy atom. The predicted molar refractivity (Wildman–Crippen MR) is 121 cm³/mol. The second-order valence-corrected chi connectivity index (χ2v) is 8.87. The number of sulfonamides is 1. The molecule has 3 aromatic rings. The molecule has 0 spiro atoms. The van der Waals surface area contributed by atoms with Gasteiger partial charge in [-0.05, 0) is 49.4 Å². The Morgan fingerprint density at radius 2 is 1.58 bits per heavy atom. The summed E-state index contributed by atoms with van der Waals surface area (Å²) in [7, 11) is -4.10. The van der Waals surface area contributed by atoms with Gasteiger partial charge in [-0.1, -0.05) is 29.8 Å². The van der Waals surface area contributed by atoms with Crippen LogP contribution in [0.15, 0.2) is 71.6 Å². The number of benzene rings is 3. The van der Waals surface area contributed by atoms with E-state index in [0.717, 1.165) is 6.07 Å². The maximum absolute atomic E-state index is 12.6. The number of carbonyl (C=O) groups is 2. The van der Waals surface area contributed by atoms with Crippen LogP contribution in [0.3, 0.4) is 0 Å². The highest BCUT2D eigenvalue weighted by atomic mass is 35.5. The smallest absolute Gasteiger partial charge is 0.273 e. The van der Waals surface area contributed by atoms with E-state index in [1.807, 2.05) is 0 Å². The predicted octanol–water partition coefficient (Wildman–Crippen LogP) is 3.43. The van der Waals surface area contributed by atoms with Crippen molar-refractivity contribution in [3.63, 3.8) is 0 Å². The fourth-order valence-corrected chi connectivity index (χ4v) is 4.05.